The quantitative estimate of drug-likeness (QED) is 0.872. The molecule has 100 valence electrons. The van der Waals surface area contributed by atoms with Gasteiger partial charge in [-0.1, -0.05) is 18.0 Å². The van der Waals surface area contributed by atoms with Crippen molar-refractivity contribution in [2.75, 3.05) is 6.54 Å². The first-order chi connectivity index (χ1) is 8.50. The fraction of sp³-hybridized carbons (Fsp3) is 0.545. The van der Waals surface area contributed by atoms with Crippen molar-refractivity contribution in [3.63, 3.8) is 0 Å². The molecule has 0 bridgehead atoms. The van der Waals surface area contributed by atoms with E-state index in [2.05, 4.69) is 9.71 Å². The van der Waals surface area contributed by atoms with E-state index >= 15 is 0 Å². The molecule has 0 amide bonds. The van der Waals surface area contributed by atoms with Crippen molar-refractivity contribution >= 4 is 21.6 Å². The van der Waals surface area contributed by atoms with Crippen LogP contribution >= 0.6 is 11.6 Å². The second-order valence-corrected chi connectivity index (χ2v) is 6.56. The van der Waals surface area contributed by atoms with E-state index in [1.165, 1.54) is 18.5 Å². The zero-order valence-electron chi connectivity index (χ0n) is 9.71. The fourth-order valence-electron chi connectivity index (χ4n) is 2.11. The summed E-state index contributed by atoms with van der Waals surface area (Å²) in [5.41, 5.74) is 0. The van der Waals surface area contributed by atoms with Crippen LogP contribution < -0.4 is 4.72 Å². The normalized spacial score (nSPS) is 24.3. The SMILES string of the molecule is O=S(=O)(NCC1CCCC1O)c1cnccc1Cl. The molecular formula is C11H15ClN2O3S. The Morgan fingerprint density at radius 1 is 1.50 bits per heavy atom. The maximum Gasteiger partial charge on any atom is 0.243 e. The van der Waals surface area contributed by atoms with Gasteiger partial charge in [-0.05, 0) is 24.8 Å². The van der Waals surface area contributed by atoms with Gasteiger partial charge in [-0.25, -0.2) is 13.1 Å². The smallest absolute Gasteiger partial charge is 0.243 e. The van der Waals surface area contributed by atoms with Gasteiger partial charge < -0.3 is 5.11 Å². The number of aromatic nitrogens is 1. The zero-order chi connectivity index (χ0) is 13.2. The lowest BCUT2D eigenvalue weighted by Gasteiger charge is -2.15. The molecule has 0 radical (unpaired) electrons. The lowest BCUT2D eigenvalue weighted by Crippen LogP contribution is -2.32. The summed E-state index contributed by atoms with van der Waals surface area (Å²) < 4.78 is 26.5. The van der Waals surface area contributed by atoms with Crippen molar-refractivity contribution in [2.45, 2.75) is 30.3 Å². The summed E-state index contributed by atoms with van der Waals surface area (Å²) in [5, 5.41) is 9.78. The van der Waals surface area contributed by atoms with Crippen molar-refractivity contribution in [1.29, 1.82) is 0 Å². The molecule has 0 aliphatic heterocycles. The highest BCUT2D eigenvalue weighted by Gasteiger charge is 2.27. The van der Waals surface area contributed by atoms with E-state index in [9.17, 15) is 13.5 Å². The molecule has 5 nitrogen and oxygen atoms in total. The molecule has 1 aliphatic rings. The van der Waals surface area contributed by atoms with Crippen LogP contribution in [0, 0.1) is 5.92 Å². The molecule has 0 saturated heterocycles. The molecule has 2 unspecified atom stereocenters. The average molecular weight is 291 g/mol. The first-order valence-corrected chi connectivity index (χ1v) is 7.64. The van der Waals surface area contributed by atoms with Gasteiger partial charge in [0, 0.05) is 18.9 Å². The van der Waals surface area contributed by atoms with E-state index in [0.29, 0.717) is 0 Å². The van der Waals surface area contributed by atoms with E-state index in [1.54, 1.807) is 0 Å². The topological polar surface area (TPSA) is 79.3 Å². The zero-order valence-corrected chi connectivity index (χ0v) is 11.3. The third kappa shape index (κ3) is 3.00. The summed E-state index contributed by atoms with van der Waals surface area (Å²) in [4.78, 5) is 3.72. The van der Waals surface area contributed by atoms with Crippen LogP contribution in [0.2, 0.25) is 5.02 Å². The molecule has 2 atom stereocenters. The highest BCUT2D eigenvalue weighted by atomic mass is 35.5. The second kappa shape index (κ2) is 5.52. The summed E-state index contributed by atoms with van der Waals surface area (Å²) in [6.45, 7) is 0.231. The Balaban J connectivity index is 2.06. The summed E-state index contributed by atoms with van der Waals surface area (Å²) in [5.74, 6) is -0.0183. The van der Waals surface area contributed by atoms with Crippen LogP contribution in [0.4, 0.5) is 0 Å². The van der Waals surface area contributed by atoms with Crippen molar-refractivity contribution in [2.24, 2.45) is 5.92 Å². The van der Waals surface area contributed by atoms with Gasteiger partial charge in [0.1, 0.15) is 4.90 Å². The lowest BCUT2D eigenvalue weighted by molar-refractivity contribution is 0.134. The van der Waals surface area contributed by atoms with Crippen molar-refractivity contribution in [3.05, 3.63) is 23.5 Å². The van der Waals surface area contributed by atoms with Crippen LogP contribution in [0.3, 0.4) is 0 Å². The lowest BCUT2D eigenvalue weighted by atomic mass is 10.1. The van der Waals surface area contributed by atoms with E-state index in [-0.39, 0.29) is 22.4 Å². The number of nitrogens with zero attached hydrogens (tertiary/aromatic N) is 1. The molecule has 1 heterocycles. The minimum Gasteiger partial charge on any atom is -0.393 e. The number of sulfonamides is 1. The van der Waals surface area contributed by atoms with Gasteiger partial charge in [0.15, 0.2) is 0 Å². The van der Waals surface area contributed by atoms with Crippen molar-refractivity contribution < 1.29 is 13.5 Å². The molecule has 2 rings (SSSR count). The molecule has 2 N–H and O–H groups in total. The number of aliphatic hydroxyl groups excluding tert-OH is 1. The maximum absolute atomic E-state index is 12.0. The number of rotatable bonds is 4. The first kappa shape index (κ1) is 13.7. The van der Waals surface area contributed by atoms with Gasteiger partial charge >= 0.3 is 0 Å². The Labute approximate surface area is 111 Å². The Morgan fingerprint density at radius 2 is 2.28 bits per heavy atom. The highest BCUT2D eigenvalue weighted by Crippen LogP contribution is 2.25. The predicted molar refractivity (Wildman–Crippen MR) is 67.8 cm³/mol. The van der Waals surface area contributed by atoms with Crippen LogP contribution in [-0.2, 0) is 10.0 Å². The monoisotopic (exact) mass is 290 g/mol. The van der Waals surface area contributed by atoms with Gasteiger partial charge in [0.25, 0.3) is 0 Å². The van der Waals surface area contributed by atoms with Gasteiger partial charge in [0.05, 0.1) is 11.1 Å². The summed E-state index contributed by atoms with van der Waals surface area (Å²) in [6.07, 6.45) is 4.74. The van der Waals surface area contributed by atoms with Crippen LogP contribution in [-0.4, -0.2) is 31.2 Å². The summed E-state index contributed by atoms with van der Waals surface area (Å²) in [6, 6.07) is 1.43. The Morgan fingerprint density at radius 3 is 2.89 bits per heavy atom. The van der Waals surface area contributed by atoms with Crippen molar-refractivity contribution in [1.82, 2.24) is 9.71 Å². The third-order valence-electron chi connectivity index (χ3n) is 3.18. The first-order valence-electron chi connectivity index (χ1n) is 5.78. The van der Waals surface area contributed by atoms with Crippen molar-refractivity contribution in [3.8, 4) is 0 Å². The summed E-state index contributed by atoms with van der Waals surface area (Å²) in [7, 11) is -3.66. The van der Waals surface area contributed by atoms with E-state index in [1.807, 2.05) is 0 Å². The van der Waals surface area contributed by atoms with Crippen LogP contribution in [0.25, 0.3) is 0 Å². The Bertz CT molecular complexity index is 521. The van der Waals surface area contributed by atoms with Crippen LogP contribution in [0.5, 0.6) is 0 Å². The molecule has 1 aliphatic carbocycles. The molecule has 0 spiro atoms. The molecule has 0 aromatic carbocycles. The number of halogens is 1. The predicted octanol–water partition coefficient (Wildman–Crippen LogP) is 1.17. The Kier molecular flexibility index (Phi) is 4.21. The average Bonchev–Trinajstić information content (AvgIpc) is 2.73. The molecule has 1 saturated carbocycles. The third-order valence-corrected chi connectivity index (χ3v) is 5.07. The number of hydrogen-bond acceptors (Lipinski definition) is 4. The minimum atomic E-state index is -3.66. The summed E-state index contributed by atoms with van der Waals surface area (Å²) >= 11 is 5.82. The molecule has 1 aromatic rings. The number of nitrogens with one attached hydrogen (secondary N) is 1. The molecule has 7 heteroatoms. The Hall–Kier alpha value is -0.690. The van der Waals surface area contributed by atoms with E-state index < -0.39 is 16.1 Å². The van der Waals surface area contributed by atoms with Gasteiger partial charge in [0.2, 0.25) is 10.0 Å². The standard InChI is InChI=1S/C11H15ClN2O3S/c12-9-4-5-13-7-11(9)18(16,17)14-6-8-2-1-3-10(8)15/h4-5,7-8,10,14-15H,1-3,6H2. The van der Waals surface area contributed by atoms with Gasteiger partial charge in [-0.15, -0.1) is 0 Å². The molecular weight excluding hydrogens is 276 g/mol. The van der Waals surface area contributed by atoms with E-state index in [4.69, 9.17) is 11.6 Å². The maximum atomic E-state index is 12.0. The number of aliphatic hydroxyl groups is 1. The number of pyridine rings is 1. The molecule has 18 heavy (non-hydrogen) atoms. The van der Waals surface area contributed by atoms with Gasteiger partial charge in [-0.2, -0.15) is 0 Å². The van der Waals surface area contributed by atoms with Gasteiger partial charge in [-0.3, -0.25) is 4.98 Å². The minimum absolute atomic E-state index is 0.0183. The highest BCUT2D eigenvalue weighted by molar-refractivity contribution is 7.89. The largest absolute Gasteiger partial charge is 0.393 e. The second-order valence-electron chi connectivity index (χ2n) is 4.42. The molecule has 1 aromatic heterocycles. The number of hydrogen-bond donors (Lipinski definition) is 2. The van der Waals surface area contributed by atoms with E-state index in [0.717, 1.165) is 19.3 Å². The van der Waals surface area contributed by atoms with Crippen LogP contribution in [0.15, 0.2) is 23.4 Å². The van der Waals surface area contributed by atoms with Crippen LogP contribution in [0.1, 0.15) is 19.3 Å². The molecule has 1 fully saturated rings. The fourth-order valence-corrected chi connectivity index (χ4v) is 3.63.